The number of halogens is 1. The van der Waals surface area contributed by atoms with Gasteiger partial charge in [0, 0.05) is 22.3 Å². The van der Waals surface area contributed by atoms with Crippen molar-refractivity contribution in [1.82, 2.24) is 25.4 Å². The lowest BCUT2D eigenvalue weighted by Gasteiger charge is -1.99. The third kappa shape index (κ3) is 3.37. The van der Waals surface area contributed by atoms with Gasteiger partial charge in [-0.3, -0.25) is 4.79 Å². The van der Waals surface area contributed by atoms with E-state index < -0.39 is 5.91 Å². The van der Waals surface area contributed by atoms with E-state index in [1.165, 1.54) is 16.9 Å². The zero-order valence-electron chi connectivity index (χ0n) is 14.8. The van der Waals surface area contributed by atoms with Gasteiger partial charge >= 0.3 is 0 Å². The van der Waals surface area contributed by atoms with Crippen molar-refractivity contribution < 1.29 is 13.7 Å². The van der Waals surface area contributed by atoms with Crippen molar-refractivity contribution in [2.24, 2.45) is 5.73 Å². The zero-order chi connectivity index (χ0) is 19.7. The average Bonchev–Trinajstić information content (AvgIpc) is 3.30. The summed E-state index contributed by atoms with van der Waals surface area (Å²) in [5.74, 6) is 0.166. The summed E-state index contributed by atoms with van der Waals surface area (Å²) < 4.78 is 18.5. The van der Waals surface area contributed by atoms with Gasteiger partial charge in [-0.05, 0) is 48.5 Å². The Morgan fingerprint density at radius 3 is 2.46 bits per heavy atom. The number of nitrogens with zero attached hydrogens (tertiary/aromatic N) is 5. The number of rotatable bonds is 5. The third-order valence-corrected chi connectivity index (χ3v) is 4.30. The molecule has 1 amide bonds. The number of amides is 1. The fraction of sp³-hybridized carbons (Fsp3) is 0.105. The van der Waals surface area contributed by atoms with Crippen LogP contribution < -0.4 is 5.73 Å². The molecule has 0 bridgehead atoms. The maximum absolute atomic E-state index is 13.1. The summed E-state index contributed by atoms with van der Waals surface area (Å²) in [5, 5.41) is 16.5. The van der Waals surface area contributed by atoms with Crippen LogP contribution in [0.3, 0.4) is 0 Å². The van der Waals surface area contributed by atoms with E-state index in [1.807, 2.05) is 6.92 Å². The van der Waals surface area contributed by atoms with Crippen molar-refractivity contribution in [3.05, 3.63) is 71.2 Å². The molecule has 0 aliphatic heterocycles. The quantitative estimate of drug-likeness (QED) is 0.571. The van der Waals surface area contributed by atoms with Crippen LogP contribution in [0.25, 0.3) is 22.7 Å². The van der Waals surface area contributed by atoms with Crippen LogP contribution in [-0.4, -0.2) is 31.3 Å². The minimum absolute atomic E-state index is 0.267. The number of tetrazole rings is 1. The number of nitrogens with two attached hydrogens (primary N) is 1. The number of hydrogen-bond acceptors (Lipinski definition) is 6. The third-order valence-electron chi connectivity index (χ3n) is 4.30. The predicted molar refractivity (Wildman–Crippen MR) is 97.5 cm³/mol. The van der Waals surface area contributed by atoms with Gasteiger partial charge in [0.05, 0.1) is 0 Å². The molecule has 0 radical (unpaired) electrons. The first kappa shape index (κ1) is 17.5. The smallest absolute Gasteiger partial charge is 0.248 e. The lowest BCUT2D eigenvalue weighted by atomic mass is 10.1. The van der Waals surface area contributed by atoms with E-state index in [-0.39, 0.29) is 12.4 Å². The Kier molecular flexibility index (Phi) is 4.40. The number of carbonyl (C=O) groups is 1. The highest BCUT2D eigenvalue weighted by Crippen LogP contribution is 2.26. The number of carbonyl (C=O) groups excluding carboxylic acids is 1. The van der Waals surface area contributed by atoms with E-state index in [9.17, 15) is 9.18 Å². The Labute approximate surface area is 158 Å². The highest BCUT2D eigenvalue weighted by atomic mass is 19.1. The first-order valence-corrected chi connectivity index (χ1v) is 8.40. The minimum Gasteiger partial charge on any atom is -0.366 e. The number of primary amides is 1. The topological polar surface area (TPSA) is 113 Å². The van der Waals surface area contributed by atoms with Crippen LogP contribution in [0.5, 0.6) is 0 Å². The second-order valence-corrected chi connectivity index (χ2v) is 6.18. The molecule has 140 valence electrons. The molecule has 0 saturated carbocycles. The molecule has 0 saturated heterocycles. The molecule has 9 heteroatoms. The van der Waals surface area contributed by atoms with Gasteiger partial charge in [-0.2, -0.15) is 4.80 Å². The summed E-state index contributed by atoms with van der Waals surface area (Å²) >= 11 is 0. The van der Waals surface area contributed by atoms with E-state index >= 15 is 0 Å². The zero-order valence-corrected chi connectivity index (χ0v) is 14.8. The van der Waals surface area contributed by atoms with Crippen molar-refractivity contribution in [1.29, 1.82) is 0 Å². The molecule has 2 N–H and O–H groups in total. The summed E-state index contributed by atoms with van der Waals surface area (Å²) in [4.78, 5) is 12.5. The Morgan fingerprint density at radius 2 is 1.79 bits per heavy atom. The van der Waals surface area contributed by atoms with Gasteiger partial charge in [-0.15, -0.1) is 10.2 Å². The van der Waals surface area contributed by atoms with Gasteiger partial charge in [-0.1, -0.05) is 17.3 Å². The first-order chi connectivity index (χ1) is 13.5. The van der Waals surface area contributed by atoms with Crippen LogP contribution in [0, 0.1) is 12.7 Å². The molecule has 28 heavy (non-hydrogen) atoms. The second kappa shape index (κ2) is 7.03. The molecule has 0 atom stereocenters. The summed E-state index contributed by atoms with van der Waals surface area (Å²) in [6, 6.07) is 12.6. The van der Waals surface area contributed by atoms with Crippen LogP contribution in [-0.2, 0) is 6.54 Å². The van der Waals surface area contributed by atoms with Crippen molar-refractivity contribution in [2.75, 3.05) is 0 Å². The fourth-order valence-corrected chi connectivity index (χ4v) is 2.73. The van der Waals surface area contributed by atoms with Crippen molar-refractivity contribution >= 4 is 5.91 Å². The summed E-state index contributed by atoms with van der Waals surface area (Å²) in [6.45, 7) is 2.13. The molecule has 4 rings (SSSR count). The highest BCUT2D eigenvalue weighted by molar-refractivity contribution is 5.93. The number of hydrogen-bond donors (Lipinski definition) is 1. The van der Waals surface area contributed by atoms with E-state index in [4.69, 9.17) is 10.3 Å². The molecule has 0 aliphatic rings. The predicted octanol–water partition coefficient (Wildman–Crippen LogP) is 2.59. The van der Waals surface area contributed by atoms with Crippen LogP contribution in [0.4, 0.5) is 4.39 Å². The Morgan fingerprint density at radius 1 is 1.11 bits per heavy atom. The van der Waals surface area contributed by atoms with Gasteiger partial charge in [0.1, 0.15) is 18.1 Å². The first-order valence-electron chi connectivity index (χ1n) is 8.40. The van der Waals surface area contributed by atoms with Gasteiger partial charge in [0.15, 0.2) is 5.76 Å². The van der Waals surface area contributed by atoms with Gasteiger partial charge in [0.2, 0.25) is 11.7 Å². The largest absolute Gasteiger partial charge is 0.366 e. The van der Waals surface area contributed by atoms with Crippen molar-refractivity contribution in [3.8, 4) is 22.7 Å². The maximum Gasteiger partial charge on any atom is 0.248 e. The monoisotopic (exact) mass is 378 g/mol. The molecule has 0 unspecified atom stereocenters. The number of benzene rings is 2. The molecule has 8 nitrogen and oxygen atoms in total. The van der Waals surface area contributed by atoms with Gasteiger partial charge in [-0.25, -0.2) is 4.39 Å². The molecule has 2 aromatic heterocycles. The van der Waals surface area contributed by atoms with Gasteiger partial charge in [0.25, 0.3) is 0 Å². The molecule has 2 heterocycles. The molecule has 4 aromatic rings. The standard InChI is InChI=1S/C19H15FN6O2/c1-11-16(24-28-17(11)12-6-8-15(20)9-7-12)10-26-23-19(22-25-26)14-4-2-13(3-5-14)18(21)27/h2-9H,10H2,1H3,(H2,21,27). The fourth-order valence-electron chi connectivity index (χ4n) is 2.73. The van der Waals surface area contributed by atoms with Gasteiger partial charge < -0.3 is 10.3 Å². The van der Waals surface area contributed by atoms with E-state index in [0.29, 0.717) is 28.4 Å². The molecule has 2 aromatic carbocycles. The van der Waals surface area contributed by atoms with Crippen molar-refractivity contribution in [2.45, 2.75) is 13.5 Å². The van der Waals surface area contributed by atoms with Crippen LogP contribution >= 0.6 is 0 Å². The highest BCUT2D eigenvalue weighted by Gasteiger charge is 2.16. The van der Waals surface area contributed by atoms with E-state index in [2.05, 4.69) is 20.6 Å². The summed E-state index contributed by atoms with van der Waals surface area (Å²) in [5.41, 5.74) is 8.55. The van der Waals surface area contributed by atoms with E-state index in [0.717, 1.165) is 11.1 Å². The average molecular weight is 378 g/mol. The van der Waals surface area contributed by atoms with Crippen LogP contribution in [0.1, 0.15) is 21.6 Å². The lowest BCUT2D eigenvalue weighted by molar-refractivity contribution is 0.100. The number of aromatic nitrogens is 5. The molecule has 0 aliphatic carbocycles. The molecular formula is C19H15FN6O2. The molecular weight excluding hydrogens is 363 g/mol. The Balaban J connectivity index is 1.54. The molecule has 0 fully saturated rings. The summed E-state index contributed by atoms with van der Waals surface area (Å²) in [7, 11) is 0. The molecule has 0 spiro atoms. The Bertz CT molecular complexity index is 1130. The normalized spacial score (nSPS) is 10.9. The van der Waals surface area contributed by atoms with E-state index in [1.54, 1.807) is 36.4 Å². The lowest BCUT2D eigenvalue weighted by Crippen LogP contribution is -2.10. The minimum atomic E-state index is -0.498. The van der Waals surface area contributed by atoms with Crippen molar-refractivity contribution in [3.63, 3.8) is 0 Å². The summed E-state index contributed by atoms with van der Waals surface area (Å²) in [6.07, 6.45) is 0. The maximum atomic E-state index is 13.1. The Hall–Kier alpha value is -3.88. The second-order valence-electron chi connectivity index (χ2n) is 6.18. The van der Waals surface area contributed by atoms with Crippen LogP contribution in [0.15, 0.2) is 53.1 Å². The van der Waals surface area contributed by atoms with Crippen LogP contribution in [0.2, 0.25) is 0 Å². The SMILES string of the molecule is Cc1c(Cn2nnc(-c3ccc(C(N)=O)cc3)n2)noc1-c1ccc(F)cc1.